The SMILES string of the molecule is O=C(C1CCCCC1)N1CCC(Nc2ccnc(Cl)c2)CC1. The number of likely N-dealkylation sites (tertiary alicyclic amines) is 1. The van der Waals surface area contributed by atoms with E-state index in [1.54, 1.807) is 6.20 Å². The molecule has 1 aliphatic carbocycles. The molecule has 1 aromatic rings. The van der Waals surface area contributed by atoms with E-state index in [2.05, 4.69) is 15.2 Å². The number of rotatable bonds is 3. The molecular weight excluding hydrogens is 298 g/mol. The molecular formula is C17H24ClN3O. The summed E-state index contributed by atoms with van der Waals surface area (Å²) in [5.74, 6) is 0.683. The van der Waals surface area contributed by atoms with Gasteiger partial charge in [0, 0.05) is 36.9 Å². The molecule has 1 saturated heterocycles. The van der Waals surface area contributed by atoms with Crippen LogP contribution in [-0.4, -0.2) is 34.9 Å². The molecule has 0 aromatic carbocycles. The molecule has 0 bridgehead atoms. The Morgan fingerprint density at radius 1 is 1.18 bits per heavy atom. The van der Waals surface area contributed by atoms with E-state index in [4.69, 9.17) is 11.6 Å². The maximum absolute atomic E-state index is 12.5. The van der Waals surface area contributed by atoms with Crippen LogP contribution in [0.2, 0.25) is 5.15 Å². The van der Waals surface area contributed by atoms with Crippen LogP contribution in [-0.2, 0) is 4.79 Å². The number of aromatic nitrogens is 1. The van der Waals surface area contributed by atoms with Crippen LogP contribution in [0.15, 0.2) is 18.3 Å². The summed E-state index contributed by atoms with van der Waals surface area (Å²) in [5, 5.41) is 4.01. The van der Waals surface area contributed by atoms with Crippen LogP contribution in [0.1, 0.15) is 44.9 Å². The molecule has 2 heterocycles. The van der Waals surface area contributed by atoms with Crippen LogP contribution in [0.3, 0.4) is 0 Å². The van der Waals surface area contributed by atoms with Gasteiger partial charge in [0.05, 0.1) is 0 Å². The minimum atomic E-state index is 0.289. The van der Waals surface area contributed by atoms with Crippen molar-refractivity contribution in [1.82, 2.24) is 9.88 Å². The summed E-state index contributed by atoms with van der Waals surface area (Å²) in [6, 6.07) is 4.20. The summed E-state index contributed by atoms with van der Waals surface area (Å²) in [6.07, 6.45) is 9.63. The maximum atomic E-state index is 12.5. The van der Waals surface area contributed by atoms with Gasteiger partial charge in [-0.05, 0) is 37.8 Å². The predicted octanol–water partition coefficient (Wildman–Crippen LogP) is 3.72. The van der Waals surface area contributed by atoms with Crippen LogP contribution in [0.25, 0.3) is 0 Å². The normalized spacial score (nSPS) is 20.9. The van der Waals surface area contributed by atoms with Crippen molar-refractivity contribution in [1.29, 1.82) is 0 Å². The van der Waals surface area contributed by atoms with E-state index >= 15 is 0 Å². The van der Waals surface area contributed by atoms with Gasteiger partial charge >= 0.3 is 0 Å². The van der Waals surface area contributed by atoms with Gasteiger partial charge in [0.2, 0.25) is 5.91 Å². The molecule has 1 aromatic heterocycles. The minimum absolute atomic E-state index is 0.289. The van der Waals surface area contributed by atoms with Gasteiger partial charge in [-0.3, -0.25) is 4.79 Å². The summed E-state index contributed by atoms with van der Waals surface area (Å²) in [7, 11) is 0. The molecule has 1 saturated carbocycles. The fourth-order valence-electron chi connectivity index (χ4n) is 3.58. The van der Waals surface area contributed by atoms with Gasteiger partial charge in [0.15, 0.2) is 0 Å². The predicted molar refractivity (Wildman–Crippen MR) is 89.0 cm³/mol. The summed E-state index contributed by atoms with van der Waals surface area (Å²) >= 11 is 5.91. The molecule has 5 heteroatoms. The number of carbonyl (C=O) groups is 1. The third-order valence-electron chi connectivity index (χ3n) is 4.86. The number of amides is 1. The van der Waals surface area contributed by atoms with E-state index in [1.165, 1.54) is 19.3 Å². The van der Waals surface area contributed by atoms with E-state index in [-0.39, 0.29) is 5.92 Å². The summed E-state index contributed by atoms with van der Waals surface area (Å²) in [5.41, 5.74) is 1.01. The Morgan fingerprint density at radius 2 is 1.91 bits per heavy atom. The van der Waals surface area contributed by atoms with Crippen LogP contribution >= 0.6 is 11.6 Å². The number of anilines is 1. The third kappa shape index (κ3) is 3.92. The van der Waals surface area contributed by atoms with Gasteiger partial charge in [-0.25, -0.2) is 4.98 Å². The number of hydrogen-bond acceptors (Lipinski definition) is 3. The van der Waals surface area contributed by atoms with Gasteiger partial charge in [0.25, 0.3) is 0 Å². The zero-order chi connectivity index (χ0) is 15.4. The largest absolute Gasteiger partial charge is 0.382 e. The van der Waals surface area contributed by atoms with Crippen molar-refractivity contribution in [3.8, 4) is 0 Å². The second-order valence-electron chi connectivity index (χ2n) is 6.45. The van der Waals surface area contributed by atoms with Gasteiger partial charge in [-0.2, -0.15) is 0 Å². The Balaban J connectivity index is 1.48. The molecule has 22 heavy (non-hydrogen) atoms. The highest BCUT2D eigenvalue weighted by Gasteiger charge is 2.29. The lowest BCUT2D eigenvalue weighted by atomic mass is 9.87. The molecule has 3 rings (SSSR count). The molecule has 0 atom stereocenters. The highest BCUT2D eigenvalue weighted by atomic mass is 35.5. The minimum Gasteiger partial charge on any atom is -0.382 e. The van der Waals surface area contributed by atoms with Gasteiger partial charge in [0.1, 0.15) is 5.15 Å². The zero-order valence-electron chi connectivity index (χ0n) is 12.9. The van der Waals surface area contributed by atoms with Crippen molar-refractivity contribution < 1.29 is 4.79 Å². The molecule has 0 unspecified atom stereocenters. The Hall–Kier alpha value is -1.29. The number of halogens is 1. The number of nitrogens with one attached hydrogen (secondary N) is 1. The molecule has 0 radical (unpaired) electrons. The zero-order valence-corrected chi connectivity index (χ0v) is 13.7. The highest BCUT2D eigenvalue weighted by molar-refractivity contribution is 6.29. The highest BCUT2D eigenvalue weighted by Crippen LogP contribution is 2.27. The molecule has 120 valence electrons. The van der Waals surface area contributed by atoms with E-state index < -0.39 is 0 Å². The standard InChI is InChI=1S/C17H24ClN3O/c18-16-12-15(6-9-19-16)20-14-7-10-21(11-8-14)17(22)13-4-2-1-3-5-13/h6,9,12-14H,1-5,7-8,10-11H2,(H,19,20). The van der Waals surface area contributed by atoms with Gasteiger partial charge in [-0.15, -0.1) is 0 Å². The first-order valence-electron chi connectivity index (χ1n) is 8.39. The Morgan fingerprint density at radius 3 is 2.59 bits per heavy atom. The van der Waals surface area contributed by atoms with Crippen LogP contribution in [0, 0.1) is 5.92 Å². The lowest BCUT2D eigenvalue weighted by Gasteiger charge is -2.35. The van der Waals surface area contributed by atoms with Gasteiger partial charge in [-0.1, -0.05) is 30.9 Å². The van der Waals surface area contributed by atoms with E-state index in [9.17, 15) is 4.79 Å². The van der Waals surface area contributed by atoms with Crippen molar-refractivity contribution >= 4 is 23.2 Å². The van der Waals surface area contributed by atoms with E-state index in [1.807, 2.05) is 12.1 Å². The number of nitrogens with zero attached hydrogens (tertiary/aromatic N) is 2. The quantitative estimate of drug-likeness (QED) is 0.863. The number of hydrogen-bond donors (Lipinski definition) is 1. The molecule has 1 N–H and O–H groups in total. The van der Waals surface area contributed by atoms with Crippen LogP contribution in [0.4, 0.5) is 5.69 Å². The topological polar surface area (TPSA) is 45.2 Å². The average molecular weight is 322 g/mol. The molecule has 1 aliphatic heterocycles. The Labute approximate surface area is 137 Å². The first kappa shape index (κ1) is 15.6. The Bertz CT molecular complexity index is 508. The number of pyridine rings is 1. The number of carbonyl (C=O) groups excluding carboxylic acids is 1. The van der Waals surface area contributed by atoms with Crippen molar-refractivity contribution in [2.75, 3.05) is 18.4 Å². The average Bonchev–Trinajstić information content (AvgIpc) is 2.56. The summed E-state index contributed by atoms with van der Waals surface area (Å²) < 4.78 is 0. The monoisotopic (exact) mass is 321 g/mol. The van der Waals surface area contributed by atoms with Crippen molar-refractivity contribution in [2.24, 2.45) is 5.92 Å². The Kier molecular flexibility index (Phi) is 5.19. The second-order valence-corrected chi connectivity index (χ2v) is 6.83. The summed E-state index contributed by atoms with van der Waals surface area (Å²) in [6.45, 7) is 1.73. The lowest BCUT2D eigenvalue weighted by Crippen LogP contribution is -2.45. The van der Waals surface area contributed by atoms with Crippen LogP contribution < -0.4 is 5.32 Å². The van der Waals surface area contributed by atoms with Crippen molar-refractivity contribution in [3.05, 3.63) is 23.5 Å². The second kappa shape index (κ2) is 7.32. The molecule has 1 amide bonds. The maximum Gasteiger partial charge on any atom is 0.225 e. The molecule has 0 spiro atoms. The van der Waals surface area contributed by atoms with E-state index in [0.29, 0.717) is 17.1 Å². The molecule has 2 fully saturated rings. The fourth-order valence-corrected chi connectivity index (χ4v) is 3.75. The lowest BCUT2D eigenvalue weighted by molar-refractivity contribution is -0.137. The smallest absolute Gasteiger partial charge is 0.225 e. The molecule has 4 nitrogen and oxygen atoms in total. The van der Waals surface area contributed by atoms with Gasteiger partial charge < -0.3 is 10.2 Å². The van der Waals surface area contributed by atoms with Crippen LogP contribution in [0.5, 0.6) is 0 Å². The molecule has 2 aliphatic rings. The fraction of sp³-hybridized carbons (Fsp3) is 0.647. The van der Waals surface area contributed by atoms with E-state index in [0.717, 1.165) is 44.5 Å². The van der Waals surface area contributed by atoms with Crippen molar-refractivity contribution in [3.63, 3.8) is 0 Å². The summed E-state index contributed by atoms with van der Waals surface area (Å²) in [4.78, 5) is 18.6. The van der Waals surface area contributed by atoms with Crippen molar-refractivity contribution in [2.45, 2.75) is 51.0 Å². The third-order valence-corrected chi connectivity index (χ3v) is 5.07. The first-order valence-corrected chi connectivity index (χ1v) is 8.77. The number of piperidine rings is 1. The first-order chi connectivity index (χ1) is 10.7.